The Morgan fingerprint density at radius 1 is 1.50 bits per heavy atom. The fourth-order valence-electron chi connectivity index (χ4n) is 2.34. The summed E-state index contributed by atoms with van der Waals surface area (Å²) in [4.78, 5) is 0.240. The summed E-state index contributed by atoms with van der Waals surface area (Å²) in [5.74, 6) is 0. The van der Waals surface area contributed by atoms with Gasteiger partial charge in [0.15, 0.2) is 0 Å². The molecule has 96 valence electrons. The van der Waals surface area contributed by atoms with E-state index in [-0.39, 0.29) is 10.9 Å². The monoisotopic (exact) mass is 283 g/mol. The first-order chi connectivity index (χ1) is 8.69. The Hall–Kier alpha value is -1.18. The van der Waals surface area contributed by atoms with E-state index in [1.807, 2.05) is 16.8 Å². The van der Waals surface area contributed by atoms with E-state index in [1.54, 1.807) is 15.6 Å². The van der Waals surface area contributed by atoms with Gasteiger partial charge in [-0.25, -0.2) is 8.42 Å². The van der Waals surface area contributed by atoms with Crippen LogP contribution in [0.5, 0.6) is 0 Å². The molecule has 0 aliphatic carbocycles. The third-order valence-electron chi connectivity index (χ3n) is 3.21. The first-order valence-corrected chi connectivity index (χ1v) is 8.10. The summed E-state index contributed by atoms with van der Waals surface area (Å²) < 4.78 is 26.5. The van der Waals surface area contributed by atoms with Crippen molar-refractivity contribution in [3.63, 3.8) is 0 Å². The van der Waals surface area contributed by atoms with Crippen LogP contribution in [0.2, 0.25) is 0 Å². The average molecular weight is 283 g/mol. The molecule has 7 heteroatoms. The molecule has 1 aliphatic heterocycles. The highest BCUT2D eigenvalue weighted by Crippen LogP contribution is 2.36. The van der Waals surface area contributed by atoms with Crippen LogP contribution in [0.4, 0.5) is 0 Å². The van der Waals surface area contributed by atoms with Gasteiger partial charge in [-0.15, -0.1) is 0 Å². The van der Waals surface area contributed by atoms with Crippen LogP contribution in [0.25, 0.3) is 0 Å². The molecular weight excluding hydrogens is 270 g/mol. The highest BCUT2D eigenvalue weighted by Gasteiger charge is 2.36. The molecule has 0 radical (unpaired) electrons. The van der Waals surface area contributed by atoms with E-state index < -0.39 is 10.0 Å². The first kappa shape index (κ1) is 11.9. The maximum absolute atomic E-state index is 12.5. The van der Waals surface area contributed by atoms with Crippen molar-refractivity contribution in [1.82, 2.24) is 14.5 Å². The Morgan fingerprint density at radius 2 is 2.39 bits per heavy atom. The Kier molecular flexibility index (Phi) is 2.96. The fraction of sp³-hybridized carbons (Fsp3) is 0.364. The molecule has 0 saturated carbocycles. The quantitative estimate of drug-likeness (QED) is 0.937. The third-order valence-corrected chi connectivity index (χ3v) is 5.79. The molecule has 1 saturated heterocycles. The van der Waals surface area contributed by atoms with Gasteiger partial charge in [-0.3, -0.25) is 5.10 Å². The number of aromatic amines is 1. The lowest BCUT2D eigenvalue weighted by molar-refractivity contribution is 0.397. The lowest BCUT2D eigenvalue weighted by Crippen LogP contribution is -2.30. The maximum Gasteiger partial charge on any atom is 0.246 e. The van der Waals surface area contributed by atoms with Gasteiger partial charge in [0.2, 0.25) is 10.0 Å². The molecule has 1 atom stereocenters. The van der Waals surface area contributed by atoms with Crippen LogP contribution in [-0.2, 0) is 10.0 Å². The van der Waals surface area contributed by atoms with Crippen molar-refractivity contribution in [2.45, 2.75) is 23.8 Å². The molecule has 5 nitrogen and oxygen atoms in total. The molecule has 2 aromatic rings. The van der Waals surface area contributed by atoms with Crippen LogP contribution >= 0.6 is 11.3 Å². The van der Waals surface area contributed by atoms with Crippen LogP contribution in [0.15, 0.2) is 34.1 Å². The third kappa shape index (κ3) is 1.88. The van der Waals surface area contributed by atoms with Crippen molar-refractivity contribution in [1.29, 1.82) is 0 Å². The maximum atomic E-state index is 12.5. The highest BCUT2D eigenvalue weighted by atomic mass is 32.2. The van der Waals surface area contributed by atoms with Gasteiger partial charge < -0.3 is 0 Å². The summed E-state index contributed by atoms with van der Waals surface area (Å²) in [7, 11) is -3.43. The van der Waals surface area contributed by atoms with Gasteiger partial charge in [0.05, 0.1) is 12.2 Å². The summed E-state index contributed by atoms with van der Waals surface area (Å²) >= 11 is 1.60. The second-order valence-corrected chi connectivity index (χ2v) is 6.94. The minimum atomic E-state index is -3.43. The van der Waals surface area contributed by atoms with Crippen LogP contribution in [0, 0.1) is 0 Å². The highest BCUT2D eigenvalue weighted by molar-refractivity contribution is 7.89. The molecule has 1 unspecified atom stereocenters. The average Bonchev–Trinajstić information content (AvgIpc) is 3.11. The van der Waals surface area contributed by atoms with Crippen molar-refractivity contribution < 1.29 is 8.42 Å². The number of H-pyrrole nitrogens is 1. The predicted molar refractivity (Wildman–Crippen MR) is 68.8 cm³/mol. The van der Waals surface area contributed by atoms with Crippen molar-refractivity contribution in [3.05, 3.63) is 34.8 Å². The minimum Gasteiger partial charge on any atom is -0.284 e. The Labute approximate surface area is 110 Å². The second-order valence-electron chi connectivity index (χ2n) is 4.26. The van der Waals surface area contributed by atoms with Crippen molar-refractivity contribution in [2.24, 2.45) is 0 Å². The molecule has 3 rings (SSSR count). The number of rotatable bonds is 3. The van der Waals surface area contributed by atoms with Crippen molar-refractivity contribution in [3.8, 4) is 0 Å². The van der Waals surface area contributed by atoms with Gasteiger partial charge in [-0.2, -0.15) is 20.7 Å². The molecule has 1 aliphatic rings. The van der Waals surface area contributed by atoms with Gasteiger partial charge >= 0.3 is 0 Å². The zero-order valence-electron chi connectivity index (χ0n) is 9.61. The summed E-state index contributed by atoms with van der Waals surface area (Å²) in [6.45, 7) is 0.577. The summed E-state index contributed by atoms with van der Waals surface area (Å²) in [5, 5.41) is 10.3. The number of nitrogens with zero attached hydrogens (tertiary/aromatic N) is 2. The first-order valence-electron chi connectivity index (χ1n) is 5.72. The second kappa shape index (κ2) is 4.49. The Morgan fingerprint density at radius 3 is 3.06 bits per heavy atom. The van der Waals surface area contributed by atoms with Crippen LogP contribution in [0.3, 0.4) is 0 Å². The molecule has 3 heterocycles. The molecule has 0 amide bonds. The molecule has 0 spiro atoms. The van der Waals surface area contributed by atoms with E-state index in [1.165, 1.54) is 12.4 Å². The predicted octanol–water partition coefficient (Wildman–Crippen LogP) is 2.00. The molecule has 0 aromatic carbocycles. The standard InChI is InChI=1S/C11H13N3O2S2/c15-18(16,10-6-12-13-7-10)14-4-1-2-11(14)9-3-5-17-8-9/h3,5-8,11H,1-2,4H2,(H,12,13). The van der Waals surface area contributed by atoms with Gasteiger partial charge in [-0.05, 0) is 35.2 Å². The summed E-state index contributed by atoms with van der Waals surface area (Å²) in [6, 6.07) is 1.97. The van der Waals surface area contributed by atoms with Gasteiger partial charge in [-0.1, -0.05) is 0 Å². The van der Waals surface area contributed by atoms with Crippen LogP contribution in [0.1, 0.15) is 24.4 Å². The Balaban J connectivity index is 1.97. The minimum absolute atomic E-state index is 0.0313. The molecular formula is C11H13N3O2S2. The molecule has 18 heavy (non-hydrogen) atoms. The smallest absolute Gasteiger partial charge is 0.246 e. The number of nitrogens with one attached hydrogen (secondary N) is 1. The number of hydrogen-bond donors (Lipinski definition) is 1. The van der Waals surface area contributed by atoms with Crippen molar-refractivity contribution >= 4 is 21.4 Å². The van der Waals surface area contributed by atoms with Gasteiger partial charge in [0.1, 0.15) is 4.90 Å². The molecule has 1 N–H and O–H groups in total. The van der Waals surface area contributed by atoms with Crippen molar-refractivity contribution in [2.75, 3.05) is 6.54 Å². The van der Waals surface area contributed by atoms with E-state index in [9.17, 15) is 8.42 Å². The zero-order chi connectivity index (χ0) is 12.6. The Bertz CT molecular complexity index is 605. The van der Waals surface area contributed by atoms with Crippen LogP contribution in [-0.4, -0.2) is 29.5 Å². The lowest BCUT2D eigenvalue weighted by Gasteiger charge is -2.22. The van der Waals surface area contributed by atoms with E-state index in [4.69, 9.17) is 0 Å². The SMILES string of the molecule is O=S(=O)(c1cn[nH]c1)N1CCCC1c1ccsc1. The lowest BCUT2D eigenvalue weighted by atomic mass is 10.1. The number of aromatic nitrogens is 2. The van der Waals surface area contributed by atoms with E-state index in [0.29, 0.717) is 6.54 Å². The van der Waals surface area contributed by atoms with E-state index in [2.05, 4.69) is 10.2 Å². The largest absolute Gasteiger partial charge is 0.284 e. The number of sulfonamides is 1. The van der Waals surface area contributed by atoms with E-state index >= 15 is 0 Å². The number of thiophene rings is 1. The van der Waals surface area contributed by atoms with Gasteiger partial charge in [0, 0.05) is 12.7 Å². The molecule has 2 aromatic heterocycles. The van der Waals surface area contributed by atoms with Crippen LogP contribution < -0.4 is 0 Å². The molecule has 1 fully saturated rings. The zero-order valence-corrected chi connectivity index (χ0v) is 11.2. The topological polar surface area (TPSA) is 66.1 Å². The fourth-order valence-corrected chi connectivity index (χ4v) is 4.64. The summed E-state index contributed by atoms with van der Waals surface area (Å²) in [6.07, 6.45) is 4.57. The number of hydrogen-bond acceptors (Lipinski definition) is 4. The normalized spacial score (nSPS) is 21.4. The van der Waals surface area contributed by atoms with Gasteiger partial charge in [0.25, 0.3) is 0 Å². The summed E-state index contributed by atoms with van der Waals surface area (Å²) in [5.41, 5.74) is 1.09. The van der Waals surface area contributed by atoms with E-state index in [0.717, 1.165) is 18.4 Å². The molecule has 0 bridgehead atoms.